The molecule has 10 nitrogen and oxygen atoms in total. The van der Waals surface area contributed by atoms with Crippen molar-refractivity contribution in [3.8, 4) is 0 Å². The summed E-state index contributed by atoms with van der Waals surface area (Å²) in [4.78, 5) is 29.2. The second kappa shape index (κ2) is 7.53. The molecule has 0 radical (unpaired) electrons. The molecule has 3 N–H and O–H groups in total. The molecule has 27 heavy (non-hydrogen) atoms. The monoisotopic (exact) mass is 389 g/mol. The van der Waals surface area contributed by atoms with Gasteiger partial charge in [0.15, 0.2) is 0 Å². The van der Waals surface area contributed by atoms with E-state index in [1.54, 1.807) is 29.8 Å². The van der Waals surface area contributed by atoms with Crippen molar-refractivity contribution < 1.29 is 9.53 Å². The van der Waals surface area contributed by atoms with Crippen molar-refractivity contribution in [1.29, 1.82) is 0 Å². The topological polar surface area (TPSA) is 131 Å². The SMILES string of the molecule is C[C@@H](Sc1nnnn1C[C@@H]1CCCO1)C(=O)Nc1ccc2[nH]c(=O)[nH]c2c1. The number of nitrogens with zero attached hydrogens (tertiary/aromatic N) is 4. The van der Waals surface area contributed by atoms with E-state index in [0.717, 1.165) is 19.4 Å². The van der Waals surface area contributed by atoms with Crippen molar-refractivity contribution in [3.05, 3.63) is 28.7 Å². The molecule has 2 atom stereocenters. The lowest BCUT2D eigenvalue weighted by Crippen LogP contribution is -2.23. The van der Waals surface area contributed by atoms with Gasteiger partial charge in [-0.2, -0.15) is 0 Å². The number of ether oxygens (including phenoxy) is 1. The molecular weight excluding hydrogens is 370 g/mol. The number of thioether (sulfide) groups is 1. The standard InChI is InChI=1S/C16H19N7O3S/c1-9(27-16-20-21-22-23(16)8-11-3-2-6-26-11)14(24)17-10-4-5-12-13(7-10)19-15(25)18-12/h4-5,7,9,11H,2-3,6,8H2,1H3,(H,17,24)(H2,18,19,25)/t9-,11+/m1/s1. The van der Waals surface area contributed by atoms with Gasteiger partial charge in [0.2, 0.25) is 11.1 Å². The Morgan fingerprint density at radius 2 is 2.30 bits per heavy atom. The molecule has 0 bridgehead atoms. The normalized spacial score (nSPS) is 18.0. The highest BCUT2D eigenvalue weighted by Crippen LogP contribution is 2.24. The van der Waals surface area contributed by atoms with Crippen LogP contribution < -0.4 is 11.0 Å². The molecule has 2 aromatic heterocycles. The van der Waals surface area contributed by atoms with E-state index in [0.29, 0.717) is 28.4 Å². The second-order valence-electron chi connectivity index (χ2n) is 6.37. The Kier molecular flexibility index (Phi) is 4.94. The van der Waals surface area contributed by atoms with Crippen molar-refractivity contribution >= 4 is 34.4 Å². The van der Waals surface area contributed by atoms with Gasteiger partial charge in [0.1, 0.15) is 0 Å². The van der Waals surface area contributed by atoms with Crippen LogP contribution in [-0.4, -0.2) is 54.0 Å². The molecule has 0 spiro atoms. The lowest BCUT2D eigenvalue weighted by molar-refractivity contribution is -0.115. The molecule has 1 aliphatic heterocycles. The first kappa shape index (κ1) is 17.7. The number of aromatic amines is 2. The highest BCUT2D eigenvalue weighted by atomic mass is 32.2. The Hall–Kier alpha value is -2.66. The third-order valence-electron chi connectivity index (χ3n) is 4.33. The van der Waals surface area contributed by atoms with Gasteiger partial charge in [0.05, 0.1) is 28.9 Å². The van der Waals surface area contributed by atoms with Crippen LogP contribution in [0.1, 0.15) is 19.8 Å². The first-order valence-corrected chi connectivity index (χ1v) is 9.54. The lowest BCUT2D eigenvalue weighted by Gasteiger charge is -2.13. The summed E-state index contributed by atoms with van der Waals surface area (Å²) in [5.74, 6) is -0.177. The Labute approximate surface area is 158 Å². The number of anilines is 1. The van der Waals surface area contributed by atoms with Crippen LogP contribution in [0, 0.1) is 0 Å². The average molecular weight is 389 g/mol. The van der Waals surface area contributed by atoms with Crippen molar-refractivity contribution in [2.24, 2.45) is 0 Å². The fourth-order valence-corrected chi connectivity index (χ4v) is 3.74. The number of benzene rings is 1. The second-order valence-corrected chi connectivity index (χ2v) is 7.68. The minimum absolute atomic E-state index is 0.118. The molecule has 1 fully saturated rings. The number of nitrogens with one attached hydrogen (secondary N) is 3. The number of imidazole rings is 1. The van der Waals surface area contributed by atoms with Gasteiger partial charge in [-0.1, -0.05) is 11.8 Å². The van der Waals surface area contributed by atoms with Gasteiger partial charge in [0.25, 0.3) is 0 Å². The highest BCUT2D eigenvalue weighted by molar-refractivity contribution is 8.00. The van der Waals surface area contributed by atoms with Gasteiger partial charge in [-0.3, -0.25) is 4.79 Å². The Balaban J connectivity index is 1.40. The molecule has 1 aliphatic rings. The van der Waals surface area contributed by atoms with Crippen molar-refractivity contribution in [2.45, 2.75) is 42.8 Å². The van der Waals surface area contributed by atoms with Crippen LogP contribution in [0.2, 0.25) is 0 Å². The lowest BCUT2D eigenvalue weighted by atomic mass is 10.2. The molecule has 3 heterocycles. The van der Waals surface area contributed by atoms with Crippen molar-refractivity contribution in [2.75, 3.05) is 11.9 Å². The third-order valence-corrected chi connectivity index (χ3v) is 5.41. The quantitative estimate of drug-likeness (QED) is 0.539. The van der Waals surface area contributed by atoms with E-state index in [2.05, 4.69) is 30.8 Å². The van der Waals surface area contributed by atoms with E-state index >= 15 is 0 Å². The summed E-state index contributed by atoms with van der Waals surface area (Å²) < 4.78 is 7.30. The molecule has 0 aliphatic carbocycles. The fraction of sp³-hybridized carbons (Fsp3) is 0.438. The van der Waals surface area contributed by atoms with Gasteiger partial charge < -0.3 is 20.0 Å². The fourth-order valence-electron chi connectivity index (χ4n) is 2.94. The predicted octanol–water partition coefficient (Wildman–Crippen LogP) is 1.14. The van der Waals surface area contributed by atoms with E-state index < -0.39 is 5.25 Å². The van der Waals surface area contributed by atoms with Crippen molar-refractivity contribution in [1.82, 2.24) is 30.2 Å². The number of amides is 1. The largest absolute Gasteiger partial charge is 0.376 e. The Morgan fingerprint density at radius 1 is 1.44 bits per heavy atom. The molecule has 3 aromatic rings. The number of carbonyl (C=O) groups excluding carboxylic acids is 1. The maximum absolute atomic E-state index is 12.5. The van der Waals surface area contributed by atoms with E-state index in [1.807, 2.05) is 0 Å². The molecule has 0 unspecified atom stereocenters. The Bertz CT molecular complexity index is 1000. The van der Waals surface area contributed by atoms with E-state index in [9.17, 15) is 9.59 Å². The minimum atomic E-state index is -0.403. The number of carbonyl (C=O) groups is 1. The number of fused-ring (bicyclic) bond motifs is 1. The summed E-state index contributed by atoms with van der Waals surface area (Å²) in [7, 11) is 0. The minimum Gasteiger partial charge on any atom is -0.376 e. The third kappa shape index (κ3) is 4.03. The number of H-pyrrole nitrogens is 2. The van der Waals surface area contributed by atoms with E-state index in [-0.39, 0.29) is 17.7 Å². The molecule has 4 rings (SSSR count). The summed E-state index contributed by atoms with van der Waals surface area (Å²) in [6, 6.07) is 5.19. The molecule has 11 heteroatoms. The number of hydrogen-bond donors (Lipinski definition) is 3. The number of rotatable bonds is 6. The summed E-state index contributed by atoms with van der Waals surface area (Å²) in [6.45, 7) is 3.15. The Morgan fingerprint density at radius 3 is 3.11 bits per heavy atom. The zero-order valence-electron chi connectivity index (χ0n) is 14.6. The van der Waals surface area contributed by atoms with Crippen LogP contribution in [0.15, 0.2) is 28.2 Å². The summed E-state index contributed by atoms with van der Waals surface area (Å²) in [6.07, 6.45) is 2.15. The summed E-state index contributed by atoms with van der Waals surface area (Å²) in [5.41, 5.74) is 1.65. The van der Waals surface area contributed by atoms with Crippen LogP contribution in [0.3, 0.4) is 0 Å². The maximum Gasteiger partial charge on any atom is 0.323 e. The molecule has 1 saturated heterocycles. The summed E-state index contributed by atoms with van der Waals surface area (Å²) in [5, 5.41) is 14.8. The smallest absolute Gasteiger partial charge is 0.323 e. The number of tetrazole rings is 1. The first-order valence-electron chi connectivity index (χ1n) is 8.66. The predicted molar refractivity (Wildman–Crippen MR) is 99.7 cm³/mol. The molecule has 142 valence electrons. The van der Waals surface area contributed by atoms with Crippen molar-refractivity contribution in [3.63, 3.8) is 0 Å². The molecule has 1 amide bonds. The van der Waals surface area contributed by atoms with Gasteiger partial charge in [-0.25, -0.2) is 9.48 Å². The molecular formula is C16H19N7O3S. The number of aromatic nitrogens is 6. The van der Waals surface area contributed by atoms with Crippen LogP contribution in [0.25, 0.3) is 11.0 Å². The van der Waals surface area contributed by atoms with Crippen LogP contribution >= 0.6 is 11.8 Å². The van der Waals surface area contributed by atoms with Crippen LogP contribution in [0.4, 0.5) is 5.69 Å². The summed E-state index contributed by atoms with van der Waals surface area (Å²) >= 11 is 1.29. The van der Waals surface area contributed by atoms with E-state index in [1.165, 1.54) is 11.8 Å². The zero-order valence-corrected chi connectivity index (χ0v) is 15.5. The number of hydrogen-bond acceptors (Lipinski definition) is 7. The maximum atomic E-state index is 12.5. The van der Waals surface area contributed by atoms with Crippen LogP contribution in [0.5, 0.6) is 0 Å². The van der Waals surface area contributed by atoms with E-state index in [4.69, 9.17) is 4.74 Å². The highest BCUT2D eigenvalue weighted by Gasteiger charge is 2.22. The van der Waals surface area contributed by atoms with Gasteiger partial charge in [-0.15, -0.1) is 5.10 Å². The zero-order chi connectivity index (χ0) is 18.8. The van der Waals surface area contributed by atoms with Gasteiger partial charge in [-0.05, 0) is 48.4 Å². The van der Waals surface area contributed by atoms with Gasteiger partial charge >= 0.3 is 5.69 Å². The average Bonchev–Trinajstić information content (AvgIpc) is 3.36. The first-order chi connectivity index (χ1) is 13.1. The molecule has 0 saturated carbocycles. The van der Waals surface area contributed by atoms with Crippen LogP contribution in [-0.2, 0) is 16.1 Å². The van der Waals surface area contributed by atoms with Gasteiger partial charge in [0, 0.05) is 12.3 Å². The molecule has 1 aromatic carbocycles.